The number of carbonyl (C=O) groups excluding carboxylic acids is 2. The second-order valence-electron chi connectivity index (χ2n) is 7.43. The molecule has 6 nitrogen and oxygen atoms in total. The van der Waals surface area contributed by atoms with Crippen LogP contribution in [0.4, 0.5) is 0 Å². The molecule has 0 bridgehead atoms. The maximum Gasteiger partial charge on any atom is 0.255 e. The van der Waals surface area contributed by atoms with Gasteiger partial charge in [-0.2, -0.15) is 0 Å². The minimum atomic E-state index is -0.517. The van der Waals surface area contributed by atoms with Crippen molar-refractivity contribution in [3.63, 3.8) is 0 Å². The number of nitrogens with zero attached hydrogens (tertiary/aromatic N) is 2. The zero-order valence-corrected chi connectivity index (χ0v) is 15.1. The van der Waals surface area contributed by atoms with E-state index < -0.39 is 5.41 Å². The van der Waals surface area contributed by atoms with E-state index in [1.807, 2.05) is 6.92 Å². The number of hydrogen-bond acceptors (Lipinski definition) is 4. The lowest BCUT2D eigenvalue weighted by Crippen LogP contribution is -2.53. The molecule has 0 aromatic carbocycles. The summed E-state index contributed by atoms with van der Waals surface area (Å²) in [7, 11) is 1.54. The first-order valence-corrected chi connectivity index (χ1v) is 9.12. The minimum Gasteiger partial charge on any atom is -0.481 e. The highest BCUT2D eigenvalue weighted by Gasteiger charge is 2.40. The van der Waals surface area contributed by atoms with Crippen molar-refractivity contribution in [3.8, 4) is 5.88 Å². The molecule has 25 heavy (non-hydrogen) atoms. The van der Waals surface area contributed by atoms with Gasteiger partial charge >= 0.3 is 0 Å². The lowest BCUT2D eigenvalue weighted by Gasteiger charge is -2.39. The molecule has 1 aliphatic carbocycles. The van der Waals surface area contributed by atoms with Gasteiger partial charge in [-0.1, -0.05) is 12.8 Å². The molecule has 2 amide bonds. The van der Waals surface area contributed by atoms with Gasteiger partial charge in [0.2, 0.25) is 11.8 Å². The number of pyridine rings is 1. The molecular weight excluding hydrogens is 318 g/mol. The molecule has 1 saturated heterocycles. The van der Waals surface area contributed by atoms with E-state index in [1.165, 1.54) is 19.0 Å². The maximum absolute atomic E-state index is 12.8. The molecule has 2 fully saturated rings. The van der Waals surface area contributed by atoms with E-state index in [4.69, 9.17) is 4.74 Å². The highest BCUT2D eigenvalue weighted by atomic mass is 16.5. The number of rotatable bonds is 4. The van der Waals surface area contributed by atoms with Gasteiger partial charge in [-0.25, -0.2) is 4.98 Å². The fourth-order valence-corrected chi connectivity index (χ4v) is 3.84. The van der Waals surface area contributed by atoms with Crippen molar-refractivity contribution in [2.75, 3.05) is 20.2 Å². The first kappa shape index (κ1) is 17.7. The SMILES string of the molecule is COc1ccc(C(=O)N2CCC[C@](C)(C(=O)NC3CCCC3)C2)cn1. The van der Waals surface area contributed by atoms with E-state index in [0.29, 0.717) is 30.6 Å². The summed E-state index contributed by atoms with van der Waals surface area (Å²) in [5.41, 5.74) is 0.0115. The van der Waals surface area contributed by atoms with Crippen molar-refractivity contribution in [2.24, 2.45) is 5.41 Å². The average Bonchev–Trinajstić information content (AvgIpc) is 3.14. The van der Waals surface area contributed by atoms with Crippen LogP contribution < -0.4 is 10.1 Å². The van der Waals surface area contributed by atoms with Crippen LogP contribution in [0.25, 0.3) is 0 Å². The minimum absolute atomic E-state index is 0.0743. The first-order valence-electron chi connectivity index (χ1n) is 9.12. The molecule has 6 heteroatoms. The van der Waals surface area contributed by atoms with Crippen molar-refractivity contribution in [1.82, 2.24) is 15.2 Å². The van der Waals surface area contributed by atoms with Crippen LogP contribution in [-0.2, 0) is 4.79 Å². The Kier molecular flexibility index (Phi) is 5.25. The predicted molar refractivity (Wildman–Crippen MR) is 94.4 cm³/mol. The molecule has 1 N–H and O–H groups in total. The second kappa shape index (κ2) is 7.42. The van der Waals surface area contributed by atoms with Crippen LogP contribution in [-0.4, -0.2) is 47.9 Å². The average molecular weight is 345 g/mol. The maximum atomic E-state index is 12.8. The Balaban J connectivity index is 1.66. The van der Waals surface area contributed by atoms with Crippen LogP contribution in [0, 0.1) is 5.41 Å². The van der Waals surface area contributed by atoms with Crippen LogP contribution in [0.2, 0.25) is 0 Å². The summed E-state index contributed by atoms with van der Waals surface area (Å²) >= 11 is 0. The molecule has 2 heterocycles. The summed E-state index contributed by atoms with van der Waals surface area (Å²) in [6.45, 7) is 3.11. The van der Waals surface area contributed by atoms with Crippen molar-refractivity contribution >= 4 is 11.8 Å². The van der Waals surface area contributed by atoms with Gasteiger partial charge in [0.1, 0.15) is 0 Å². The molecule has 0 spiro atoms. The van der Waals surface area contributed by atoms with Gasteiger partial charge in [0.25, 0.3) is 5.91 Å². The number of amides is 2. The molecular formula is C19H27N3O3. The number of methoxy groups -OCH3 is 1. The van der Waals surface area contributed by atoms with E-state index in [0.717, 1.165) is 25.7 Å². The Morgan fingerprint density at radius 2 is 2.04 bits per heavy atom. The number of piperidine rings is 1. The van der Waals surface area contributed by atoms with Crippen LogP contribution in [0.15, 0.2) is 18.3 Å². The molecule has 2 aliphatic rings. The number of carbonyl (C=O) groups is 2. The zero-order chi connectivity index (χ0) is 17.9. The van der Waals surface area contributed by atoms with Gasteiger partial charge in [-0.15, -0.1) is 0 Å². The topological polar surface area (TPSA) is 71.5 Å². The third kappa shape index (κ3) is 3.94. The lowest BCUT2D eigenvalue weighted by atomic mass is 9.80. The van der Waals surface area contributed by atoms with Crippen molar-refractivity contribution < 1.29 is 14.3 Å². The van der Waals surface area contributed by atoms with Crippen LogP contribution >= 0.6 is 0 Å². The molecule has 1 atom stereocenters. The largest absolute Gasteiger partial charge is 0.481 e. The summed E-state index contributed by atoms with van der Waals surface area (Å²) in [6, 6.07) is 3.71. The van der Waals surface area contributed by atoms with Gasteiger partial charge in [-0.3, -0.25) is 9.59 Å². The zero-order valence-electron chi connectivity index (χ0n) is 15.1. The van der Waals surface area contributed by atoms with Gasteiger partial charge in [-0.05, 0) is 38.7 Å². The molecule has 136 valence electrons. The smallest absolute Gasteiger partial charge is 0.255 e. The van der Waals surface area contributed by atoms with Crippen molar-refractivity contribution in [3.05, 3.63) is 23.9 Å². The Morgan fingerprint density at radius 1 is 1.28 bits per heavy atom. The van der Waals surface area contributed by atoms with E-state index >= 15 is 0 Å². The molecule has 1 aromatic heterocycles. The van der Waals surface area contributed by atoms with E-state index in [1.54, 1.807) is 24.1 Å². The molecule has 0 radical (unpaired) electrons. The van der Waals surface area contributed by atoms with E-state index in [2.05, 4.69) is 10.3 Å². The number of aromatic nitrogens is 1. The fraction of sp³-hybridized carbons (Fsp3) is 0.632. The monoisotopic (exact) mass is 345 g/mol. The fourth-order valence-electron chi connectivity index (χ4n) is 3.84. The van der Waals surface area contributed by atoms with Crippen molar-refractivity contribution in [1.29, 1.82) is 0 Å². The second-order valence-corrected chi connectivity index (χ2v) is 7.43. The molecule has 3 rings (SSSR count). The van der Waals surface area contributed by atoms with Crippen LogP contribution in [0.3, 0.4) is 0 Å². The summed E-state index contributed by atoms with van der Waals surface area (Å²) in [6.07, 6.45) is 7.71. The summed E-state index contributed by atoms with van der Waals surface area (Å²) in [4.78, 5) is 31.4. The van der Waals surface area contributed by atoms with E-state index in [-0.39, 0.29) is 11.8 Å². The number of hydrogen-bond donors (Lipinski definition) is 1. The Bertz CT molecular complexity index is 625. The van der Waals surface area contributed by atoms with E-state index in [9.17, 15) is 9.59 Å². The van der Waals surface area contributed by atoms with Crippen LogP contribution in [0.5, 0.6) is 5.88 Å². The van der Waals surface area contributed by atoms with Gasteiger partial charge in [0, 0.05) is 31.4 Å². The molecule has 1 aliphatic heterocycles. The number of nitrogens with one attached hydrogen (secondary N) is 1. The highest BCUT2D eigenvalue weighted by molar-refractivity contribution is 5.94. The Morgan fingerprint density at radius 3 is 2.68 bits per heavy atom. The molecule has 0 unspecified atom stereocenters. The quantitative estimate of drug-likeness (QED) is 0.909. The summed E-state index contributed by atoms with van der Waals surface area (Å²) < 4.78 is 5.03. The highest BCUT2D eigenvalue weighted by Crippen LogP contribution is 2.31. The van der Waals surface area contributed by atoms with Gasteiger partial charge in [0.15, 0.2) is 0 Å². The summed E-state index contributed by atoms with van der Waals surface area (Å²) in [5.74, 6) is 0.496. The Hall–Kier alpha value is -2.11. The van der Waals surface area contributed by atoms with Gasteiger partial charge < -0.3 is 15.0 Å². The number of ether oxygens (including phenoxy) is 1. The summed E-state index contributed by atoms with van der Waals surface area (Å²) in [5, 5.41) is 3.20. The van der Waals surface area contributed by atoms with Crippen molar-refractivity contribution in [2.45, 2.75) is 51.5 Å². The third-order valence-electron chi connectivity index (χ3n) is 5.41. The predicted octanol–water partition coefficient (Wildman–Crippen LogP) is 2.39. The number of likely N-dealkylation sites (tertiary alicyclic amines) is 1. The molecule has 1 saturated carbocycles. The molecule has 1 aromatic rings. The van der Waals surface area contributed by atoms with Gasteiger partial charge in [0.05, 0.1) is 18.1 Å². The standard InChI is InChI=1S/C19H27N3O3/c1-19(18(24)21-15-6-3-4-7-15)10-5-11-22(13-19)17(23)14-8-9-16(25-2)20-12-14/h8-9,12,15H,3-7,10-11,13H2,1-2H3,(H,21,24)/t19-/m0/s1. The normalized spacial score (nSPS) is 24.2. The first-order chi connectivity index (χ1) is 12.0. The Labute approximate surface area is 148 Å². The lowest BCUT2D eigenvalue weighted by molar-refractivity contribution is -0.133. The third-order valence-corrected chi connectivity index (χ3v) is 5.41. The van der Waals surface area contributed by atoms with Crippen LogP contribution in [0.1, 0.15) is 55.8 Å².